The van der Waals surface area contributed by atoms with Gasteiger partial charge in [-0.1, -0.05) is 0 Å². The molecule has 0 unspecified atom stereocenters. The summed E-state index contributed by atoms with van der Waals surface area (Å²) in [6.07, 6.45) is 0.129. The van der Waals surface area contributed by atoms with E-state index < -0.39 is 9.84 Å². The number of ether oxygens (including phenoxy) is 1. The Hall–Kier alpha value is -2.07. The molecule has 1 aromatic rings. The van der Waals surface area contributed by atoms with Crippen LogP contribution in [-0.4, -0.2) is 45.7 Å². The monoisotopic (exact) mass is 310 g/mol. The number of amides is 1. The highest BCUT2D eigenvalue weighted by Crippen LogP contribution is 2.17. The van der Waals surface area contributed by atoms with Crippen molar-refractivity contribution in [1.82, 2.24) is 4.90 Å². The Morgan fingerprint density at radius 3 is 2.48 bits per heavy atom. The highest BCUT2D eigenvalue weighted by molar-refractivity contribution is 7.91. The molecule has 1 amide bonds. The van der Waals surface area contributed by atoms with Gasteiger partial charge in [-0.15, -0.1) is 0 Å². The van der Waals surface area contributed by atoms with Gasteiger partial charge in [-0.25, -0.2) is 8.42 Å². The van der Waals surface area contributed by atoms with Crippen molar-refractivity contribution >= 4 is 15.7 Å². The summed E-state index contributed by atoms with van der Waals surface area (Å²) in [5.41, 5.74) is 0. The summed E-state index contributed by atoms with van der Waals surface area (Å²) in [5.74, 6) is 0.0262. The summed E-state index contributed by atoms with van der Waals surface area (Å²) in [6, 6.07) is 7.98. The molecule has 6 nitrogen and oxygen atoms in total. The average molecular weight is 310 g/mol. The summed E-state index contributed by atoms with van der Waals surface area (Å²) in [5, 5.41) is 8.45. The van der Waals surface area contributed by atoms with Crippen LogP contribution in [0.1, 0.15) is 12.8 Å². The molecule has 0 aliphatic heterocycles. The number of hydrogen-bond donors (Lipinski definition) is 0. The minimum Gasteiger partial charge on any atom is -0.497 e. The van der Waals surface area contributed by atoms with E-state index in [0.29, 0.717) is 12.3 Å². The highest BCUT2D eigenvalue weighted by atomic mass is 32.2. The summed E-state index contributed by atoms with van der Waals surface area (Å²) in [4.78, 5) is 13.3. The van der Waals surface area contributed by atoms with Crippen LogP contribution in [-0.2, 0) is 14.6 Å². The fourth-order valence-corrected chi connectivity index (χ4v) is 2.89. The predicted octanol–water partition coefficient (Wildman–Crippen LogP) is 1.23. The van der Waals surface area contributed by atoms with Gasteiger partial charge in [0.25, 0.3) is 0 Å². The van der Waals surface area contributed by atoms with Gasteiger partial charge in [-0.2, -0.15) is 5.26 Å². The highest BCUT2D eigenvalue weighted by Gasteiger charge is 2.18. The molecular formula is C14H18N2O4S. The zero-order valence-electron chi connectivity index (χ0n) is 12.1. The number of benzene rings is 1. The second-order valence-electron chi connectivity index (χ2n) is 4.47. The van der Waals surface area contributed by atoms with E-state index in [4.69, 9.17) is 10.00 Å². The van der Waals surface area contributed by atoms with Crippen LogP contribution < -0.4 is 4.74 Å². The van der Waals surface area contributed by atoms with Crippen molar-refractivity contribution < 1.29 is 17.9 Å². The fraction of sp³-hybridized carbons (Fsp3) is 0.429. The maximum atomic E-state index is 12.1. The third-order valence-electron chi connectivity index (χ3n) is 2.99. The molecule has 0 atom stereocenters. The molecule has 1 rings (SSSR count). The molecule has 114 valence electrons. The third kappa shape index (κ3) is 5.08. The normalized spacial score (nSPS) is 10.7. The smallest absolute Gasteiger partial charge is 0.223 e. The van der Waals surface area contributed by atoms with E-state index in [1.54, 1.807) is 19.2 Å². The predicted molar refractivity (Wildman–Crippen MR) is 77.5 cm³/mol. The zero-order valence-corrected chi connectivity index (χ0v) is 12.9. The minimum atomic E-state index is -3.50. The van der Waals surface area contributed by atoms with Crippen LogP contribution in [0.5, 0.6) is 5.75 Å². The van der Waals surface area contributed by atoms with Crippen molar-refractivity contribution in [2.75, 3.05) is 26.5 Å². The molecule has 0 aliphatic carbocycles. The van der Waals surface area contributed by atoms with Crippen LogP contribution in [0.25, 0.3) is 0 Å². The number of carbonyl (C=O) groups is 1. The van der Waals surface area contributed by atoms with E-state index in [-0.39, 0.29) is 29.4 Å². The van der Waals surface area contributed by atoms with Crippen molar-refractivity contribution in [2.24, 2.45) is 0 Å². The number of hydrogen-bond acceptors (Lipinski definition) is 5. The van der Waals surface area contributed by atoms with Gasteiger partial charge in [0.1, 0.15) is 5.75 Å². The molecule has 0 saturated heterocycles. The Morgan fingerprint density at radius 1 is 1.33 bits per heavy atom. The fourth-order valence-electron chi connectivity index (χ4n) is 1.66. The number of rotatable bonds is 7. The zero-order chi connectivity index (χ0) is 15.9. The van der Waals surface area contributed by atoms with E-state index >= 15 is 0 Å². The standard InChI is InChI=1S/C14H18N2O4S/c1-16(10-3-9-15)14(17)8-11-21(18,19)13-6-4-12(20-2)5-7-13/h4-7H,3,8,10-11H2,1-2H3. The quantitative estimate of drug-likeness (QED) is 0.756. The lowest BCUT2D eigenvalue weighted by atomic mass is 10.3. The molecule has 0 radical (unpaired) electrons. The molecule has 7 heteroatoms. The van der Waals surface area contributed by atoms with Gasteiger partial charge < -0.3 is 9.64 Å². The van der Waals surface area contributed by atoms with Gasteiger partial charge in [0.15, 0.2) is 9.84 Å². The van der Waals surface area contributed by atoms with E-state index in [2.05, 4.69) is 0 Å². The first-order valence-electron chi connectivity index (χ1n) is 6.38. The lowest BCUT2D eigenvalue weighted by molar-refractivity contribution is -0.129. The largest absolute Gasteiger partial charge is 0.497 e. The Bertz CT molecular complexity index is 617. The molecule has 21 heavy (non-hydrogen) atoms. The van der Waals surface area contributed by atoms with E-state index in [1.807, 2.05) is 6.07 Å². The minimum absolute atomic E-state index is 0.101. The number of nitrogens with zero attached hydrogens (tertiary/aromatic N) is 2. The molecule has 0 N–H and O–H groups in total. The lowest BCUT2D eigenvalue weighted by Gasteiger charge is -2.15. The summed E-state index contributed by atoms with van der Waals surface area (Å²) in [6.45, 7) is 0.303. The Kier molecular flexibility index (Phi) is 6.18. The second-order valence-corrected chi connectivity index (χ2v) is 6.58. The van der Waals surface area contributed by atoms with E-state index in [1.165, 1.54) is 24.1 Å². The lowest BCUT2D eigenvalue weighted by Crippen LogP contribution is -2.29. The third-order valence-corrected chi connectivity index (χ3v) is 4.72. The van der Waals surface area contributed by atoms with Crippen LogP contribution in [0.15, 0.2) is 29.2 Å². The van der Waals surface area contributed by atoms with Crippen molar-refractivity contribution in [3.05, 3.63) is 24.3 Å². The molecule has 0 saturated carbocycles. The SMILES string of the molecule is COc1ccc(S(=O)(=O)CCC(=O)N(C)CCC#N)cc1. The molecule has 0 bridgehead atoms. The van der Waals surface area contributed by atoms with Gasteiger partial charge in [0.2, 0.25) is 5.91 Å². The van der Waals surface area contributed by atoms with Crippen molar-refractivity contribution in [3.8, 4) is 11.8 Å². The van der Waals surface area contributed by atoms with Crippen LogP contribution in [0.4, 0.5) is 0 Å². The van der Waals surface area contributed by atoms with Crippen LogP contribution in [0.3, 0.4) is 0 Å². The number of carbonyl (C=O) groups excluding carboxylic acids is 1. The molecule has 0 aromatic heterocycles. The number of sulfone groups is 1. The van der Waals surface area contributed by atoms with Crippen molar-refractivity contribution in [2.45, 2.75) is 17.7 Å². The van der Waals surface area contributed by atoms with Crippen LogP contribution in [0, 0.1) is 11.3 Å². The molecule has 0 heterocycles. The topological polar surface area (TPSA) is 87.5 Å². The number of methoxy groups -OCH3 is 1. The first kappa shape index (κ1) is 17.0. The summed E-state index contributed by atoms with van der Waals surface area (Å²) >= 11 is 0. The van der Waals surface area contributed by atoms with Gasteiger partial charge >= 0.3 is 0 Å². The first-order chi connectivity index (χ1) is 9.90. The van der Waals surface area contributed by atoms with Gasteiger partial charge in [0, 0.05) is 20.0 Å². The summed E-state index contributed by atoms with van der Waals surface area (Å²) in [7, 11) is -0.448. The second kappa shape index (κ2) is 7.64. The summed E-state index contributed by atoms with van der Waals surface area (Å²) < 4.78 is 29.2. The molecular weight excluding hydrogens is 292 g/mol. The Balaban J connectivity index is 2.64. The number of nitriles is 1. The Labute approximate surface area is 124 Å². The van der Waals surface area contributed by atoms with Crippen LogP contribution >= 0.6 is 0 Å². The van der Waals surface area contributed by atoms with Crippen LogP contribution in [0.2, 0.25) is 0 Å². The van der Waals surface area contributed by atoms with E-state index in [9.17, 15) is 13.2 Å². The maximum absolute atomic E-state index is 12.1. The molecule has 0 aliphatic rings. The molecule has 0 fully saturated rings. The van der Waals surface area contributed by atoms with Gasteiger partial charge in [-0.05, 0) is 24.3 Å². The Morgan fingerprint density at radius 2 is 1.95 bits per heavy atom. The van der Waals surface area contributed by atoms with Gasteiger partial charge in [0.05, 0.1) is 30.2 Å². The molecule has 1 aromatic carbocycles. The maximum Gasteiger partial charge on any atom is 0.223 e. The van der Waals surface area contributed by atoms with Crippen molar-refractivity contribution in [3.63, 3.8) is 0 Å². The van der Waals surface area contributed by atoms with Crippen molar-refractivity contribution in [1.29, 1.82) is 5.26 Å². The van der Waals surface area contributed by atoms with Gasteiger partial charge in [-0.3, -0.25) is 4.79 Å². The first-order valence-corrected chi connectivity index (χ1v) is 8.03. The molecule has 0 spiro atoms. The average Bonchev–Trinajstić information content (AvgIpc) is 2.50. The van der Waals surface area contributed by atoms with E-state index in [0.717, 1.165) is 0 Å².